The molecule has 0 saturated carbocycles. The first kappa shape index (κ1) is 15.7. The number of nitrogen functional groups attached to an aromatic ring is 1. The molecule has 7 heteroatoms. The van der Waals surface area contributed by atoms with Crippen molar-refractivity contribution in [3.63, 3.8) is 0 Å². The highest BCUT2D eigenvalue weighted by Crippen LogP contribution is 2.19. The van der Waals surface area contributed by atoms with Crippen LogP contribution in [0, 0.1) is 0 Å². The predicted octanol–water partition coefficient (Wildman–Crippen LogP) is 2.65. The number of ether oxygens (including phenoxy) is 2. The van der Waals surface area contributed by atoms with Gasteiger partial charge >= 0.3 is 5.24 Å². The lowest BCUT2D eigenvalue weighted by Crippen LogP contribution is -2.30. The summed E-state index contributed by atoms with van der Waals surface area (Å²) in [6.45, 7) is 3.24. The molecule has 1 aliphatic heterocycles. The van der Waals surface area contributed by atoms with Gasteiger partial charge in [-0.3, -0.25) is 4.79 Å². The summed E-state index contributed by atoms with van der Waals surface area (Å²) < 4.78 is 10.7. The molecule has 114 valence electrons. The standard InChI is InChI=1S/C14H19N3O3S/c1-2-7-19-10-20-13-9-21-14(18)17(16-13)8-11-3-5-12(15)6-4-11/h3-6H,2,7-10,15H2,1H3. The molecule has 0 aromatic heterocycles. The van der Waals surface area contributed by atoms with E-state index in [4.69, 9.17) is 15.2 Å². The molecular weight excluding hydrogens is 290 g/mol. The van der Waals surface area contributed by atoms with Crippen LogP contribution in [0.25, 0.3) is 0 Å². The quantitative estimate of drug-likeness (QED) is 0.496. The zero-order valence-corrected chi connectivity index (χ0v) is 12.8. The molecule has 1 aromatic rings. The highest BCUT2D eigenvalue weighted by molar-refractivity contribution is 8.14. The van der Waals surface area contributed by atoms with Crippen molar-refractivity contribution < 1.29 is 14.3 Å². The van der Waals surface area contributed by atoms with Gasteiger partial charge in [0.05, 0.1) is 18.9 Å². The van der Waals surface area contributed by atoms with Crippen LogP contribution in [0.3, 0.4) is 0 Å². The number of hydrazone groups is 1. The molecule has 2 rings (SSSR count). The molecule has 0 fully saturated rings. The van der Waals surface area contributed by atoms with Crippen LogP contribution in [0.1, 0.15) is 18.9 Å². The maximum Gasteiger partial charge on any atom is 0.302 e. The number of nitrogens with zero attached hydrogens (tertiary/aromatic N) is 2. The molecule has 6 nitrogen and oxygen atoms in total. The van der Waals surface area contributed by atoms with Crippen LogP contribution in [0.5, 0.6) is 0 Å². The van der Waals surface area contributed by atoms with Crippen molar-refractivity contribution in [1.29, 1.82) is 0 Å². The minimum Gasteiger partial charge on any atom is -0.452 e. The Morgan fingerprint density at radius 3 is 2.86 bits per heavy atom. The largest absolute Gasteiger partial charge is 0.452 e. The number of thioether (sulfide) groups is 1. The molecule has 0 spiro atoms. The molecule has 21 heavy (non-hydrogen) atoms. The number of carbonyl (C=O) groups is 1. The minimum absolute atomic E-state index is 0.0892. The fourth-order valence-electron chi connectivity index (χ4n) is 1.68. The monoisotopic (exact) mass is 309 g/mol. The van der Waals surface area contributed by atoms with E-state index in [9.17, 15) is 4.79 Å². The van der Waals surface area contributed by atoms with Crippen LogP contribution in [-0.2, 0) is 16.0 Å². The van der Waals surface area contributed by atoms with E-state index in [1.165, 1.54) is 16.8 Å². The van der Waals surface area contributed by atoms with E-state index in [0.29, 0.717) is 30.5 Å². The fraction of sp³-hybridized carbons (Fsp3) is 0.429. The van der Waals surface area contributed by atoms with Crippen molar-refractivity contribution >= 4 is 28.6 Å². The van der Waals surface area contributed by atoms with Crippen LogP contribution in [0.4, 0.5) is 10.5 Å². The lowest BCUT2D eigenvalue weighted by molar-refractivity contribution is 0.00634. The number of hydrogen-bond donors (Lipinski definition) is 1. The summed E-state index contributed by atoms with van der Waals surface area (Å²) in [5.41, 5.74) is 7.30. The van der Waals surface area contributed by atoms with Gasteiger partial charge in [0.1, 0.15) is 0 Å². The molecule has 0 unspecified atom stereocenters. The Kier molecular flexibility index (Phi) is 5.89. The van der Waals surface area contributed by atoms with E-state index in [1.54, 1.807) is 12.1 Å². The Morgan fingerprint density at radius 1 is 1.38 bits per heavy atom. The summed E-state index contributed by atoms with van der Waals surface area (Å²) in [6.07, 6.45) is 0.937. The first-order valence-corrected chi connectivity index (χ1v) is 7.74. The lowest BCUT2D eigenvalue weighted by Gasteiger charge is -2.22. The van der Waals surface area contributed by atoms with Crippen molar-refractivity contribution in [3.05, 3.63) is 29.8 Å². The van der Waals surface area contributed by atoms with Crippen molar-refractivity contribution in [2.45, 2.75) is 19.9 Å². The van der Waals surface area contributed by atoms with Gasteiger partial charge in [0, 0.05) is 5.69 Å². The topological polar surface area (TPSA) is 77.2 Å². The molecule has 0 saturated heterocycles. The van der Waals surface area contributed by atoms with Crippen LogP contribution in [0.15, 0.2) is 29.4 Å². The second-order valence-corrected chi connectivity index (χ2v) is 5.44. The van der Waals surface area contributed by atoms with E-state index >= 15 is 0 Å². The number of amides is 1. The van der Waals surface area contributed by atoms with E-state index in [0.717, 1.165) is 12.0 Å². The van der Waals surface area contributed by atoms with Crippen LogP contribution < -0.4 is 5.73 Å². The lowest BCUT2D eigenvalue weighted by atomic mass is 10.2. The normalized spacial score (nSPS) is 15.0. The van der Waals surface area contributed by atoms with E-state index in [-0.39, 0.29) is 12.0 Å². The first-order valence-electron chi connectivity index (χ1n) is 6.75. The Balaban J connectivity index is 1.93. The molecule has 2 N–H and O–H groups in total. The first-order chi connectivity index (χ1) is 10.2. The number of anilines is 1. The number of benzene rings is 1. The average molecular weight is 309 g/mol. The van der Waals surface area contributed by atoms with Gasteiger partial charge < -0.3 is 15.2 Å². The Bertz CT molecular complexity index is 505. The van der Waals surface area contributed by atoms with Gasteiger partial charge in [0.2, 0.25) is 5.90 Å². The SMILES string of the molecule is CCCOCOC1=NN(Cc2ccc(N)cc2)C(=O)SC1. The summed E-state index contributed by atoms with van der Waals surface area (Å²) in [5.74, 6) is 0.943. The number of carbonyl (C=O) groups excluding carboxylic acids is 1. The van der Waals surface area contributed by atoms with E-state index in [1.807, 2.05) is 19.1 Å². The van der Waals surface area contributed by atoms with Crippen LogP contribution in [-0.4, -0.2) is 35.3 Å². The molecule has 0 aliphatic carbocycles. The highest BCUT2D eigenvalue weighted by atomic mass is 32.2. The van der Waals surface area contributed by atoms with Gasteiger partial charge in [0.15, 0.2) is 6.79 Å². The maximum absolute atomic E-state index is 11.9. The number of hydrogen-bond acceptors (Lipinski definition) is 6. The average Bonchev–Trinajstić information content (AvgIpc) is 2.49. The minimum atomic E-state index is -0.0892. The summed E-state index contributed by atoms with van der Waals surface area (Å²) in [7, 11) is 0. The highest BCUT2D eigenvalue weighted by Gasteiger charge is 2.22. The molecule has 1 amide bonds. The van der Waals surface area contributed by atoms with Crippen molar-refractivity contribution in [1.82, 2.24) is 5.01 Å². The van der Waals surface area contributed by atoms with Gasteiger partial charge in [-0.2, -0.15) is 0 Å². The van der Waals surface area contributed by atoms with E-state index < -0.39 is 0 Å². The molecule has 0 bridgehead atoms. The molecule has 0 atom stereocenters. The summed E-state index contributed by atoms with van der Waals surface area (Å²) in [5, 5.41) is 5.53. The molecule has 0 radical (unpaired) electrons. The predicted molar refractivity (Wildman–Crippen MR) is 83.9 cm³/mol. The molecule has 1 heterocycles. The second kappa shape index (κ2) is 7.90. The van der Waals surface area contributed by atoms with Gasteiger partial charge in [-0.1, -0.05) is 30.8 Å². The Labute approximate surface area is 128 Å². The van der Waals surface area contributed by atoms with Gasteiger partial charge in [-0.05, 0) is 24.1 Å². The van der Waals surface area contributed by atoms with E-state index in [2.05, 4.69) is 5.10 Å². The number of rotatable bonds is 6. The van der Waals surface area contributed by atoms with Gasteiger partial charge in [-0.15, -0.1) is 5.10 Å². The maximum atomic E-state index is 11.9. The van der Waals surface area contributed by atoms with Crippen LogP contribution >= 0.6 is 11.8 Å². The summed E-state index contributed by atoms with van der Waals surface area (Å²) >= 11 is 1.17. The summed E-state index contributed by atoms with van der Waals surface area (Å²) in [6, 6.07) is 7.36. The van der Waals surface area contributed by atoms with Crippen molar-refractivity contribution in [2.24, 2.45) is 5.10 Å². The van der Waals surface area contributed by atoms with Gasteiger partial charge in [0.25, 0.3) is 0 Å². The third-order valence-corrected chi connectivity index (χ3v) is 3.58. The van der Waals surface area contributed by atoms with Crippen molar-refractivity contribution in [2.75, 3.05) is 24.9 Å². The molecular formula is C14H19N3O3S. The number of nitrogens with two attached hydrogens (primary N) is 1. The third-order valence-electron chi connectivity index (χ3n) is 2.73. The zero-order valence-electron chi connectivity index (χ0n) is 11.9. The zero-order chi connectivity index (χ0) is 15.1. The molecule has 1 aliphatic rings. The third kappa shape index (κ3) is 4.95. The fourth-order valence-corrected chi connectivity index (χ4v) is 2.32. The Morgan fingerprint density at radius 2 is 2.14 bits per heavy atom. The summed E-state index contributed by atoms with van der Waals surface area (Å²) in [4.78, 5) is 11.9. The van der Waals surface area contributed by atoms with Crippen LogP contribution in [0.2, 0.25) is 0 Å². The molecule has 1 aromatic carbocycles. The Hall–Kier alpha value is -1.73. The second-order valence-electron chi connectivity index (χ2n) is 4.52. The van der Waals surface area contributed by atoms with Gasteiger partial charge in [-0.25, -0.2) is 5.01 Å². The smallest absolute Gasteiger partial charge is 0.302 e. The van der Waals surface area contributed by atoms with Crippen molar-refractivity contribution in [3.8, 4) is 0 Å².